The van der Waals surface area contributed by atoms with Crippen molar-refractivity contribution in [3.05, 3.63) is 59.2 Å². The number of amides is 1. The van der Waals surface area contributed by atoms with Crippen LogP contribution in [-0.4, -0.2) is 26.9 Å². The molecule has 2 rings (SSSR count). The summed E-state index contributed by atoms with van der Waals surface area (Å²) in [5.74, 6) is 0.188. The summed E-state index contributed by atoms with van der Waals surface area (Å²) in [6, 6.07) is 12.2. The third kappa shape index (κ3) is 5.42. The van der Waals surface area contributed by atoms with E-state index in [-0.39, 0.29) is 35.2 Å². The molecule has 2 aromatic rings. The van der Waals surface area contributed by atoms with Crippen LogP contribution in [0.15, 0.2) is 47.4 Å². The highest BCUT2D eigenvalue weighted by Gasteiger charge is 2.30. The molecule has 0 radical (unpaired) electrons. The molecule has 0 unspecified atom stereocenters. The summed E-state index contributed by atoms with van der Waals surface area (Å²) in [7, 11) is -3.91. The molecule has 0 bridgehead atoms. The van der Waals surface area contributed by atoms with Gasteiger partial charge in [-0.15, -0.1) is 0 Å². The number of benzene rings is 2. The first kappa shape index (κ1) is 23.9. The van der Waals surface area contributed by atoms with E-state index in [0.29, 0.717) is 5.69 Å². The number of nitrogens with zero attached hydrogens (tertiary/aromatic N) is 1. The molecule has 0 aliphatic carbocycles. The van der Waals surface area contributed by atoms with E-state index in [1.54, 1.807) is 30.3 Å². The van der Waals surface area contributed by atoms with Crippen LogP contribution in [0.1, 0.15) is 44.4 Å². The van der Waals surface area contributed by atoms with Crippen LogP contribution in [0.25, 0.3) is 0 Å². The van der Waals surface area contributed by atoms with E-state index in [4.69, 9.17) is 0 Å². The van der Waals surface area contributed by atoms with Crippen molar-refractivity contribution < 1.29 is 13.2 Å². The zero-order valence-electron chi connectivity index (χ0n) is 19.1. The molecule has 30 heavy (non-hydrogen) atoms. The van der Waals surface area contributed by atoms with Crippen molar-refractivity contribution in [2.24, 2.45) is 11.8 Å². The molecule has 0 saturated heterocycles. The molecule has 0 aromatic heterocycles. The van der Waals surface area contributed by atoms with Crippen molar-refractivity contribution in [2.45, 2.75) is 59.4 Å². The van der Waals surface area contributed by atoms with Crippen molar-refractivity contribution in [1.82, 2.24) is 5.32 Å². The van der Waals surface area contributed by atoms with Crippen LogP contribution in [0, 0.1) is 32.6 Å². The normalized spacial score (nSPS) is 11.9. The minimum absolute atomic E-state index is 0.0277. The van der Waals surface area contributed by atoms with Crippen LogP contribution in [-0.2, 0) is 14.8 Å². The van der Waals surface area contributed by atoms with Crippen molar-refractivity contribution in [3.63, 3.8) is 0 Å². The second-order valence-electron chi connectivity index (χ2n) is 8.63. The van der Waals surface area contributed by atoms with Crippen molar-refractivity contribution in [1.29, 1.82) is 0 Å². The van der Waals surface area contributed by atoms with Gasteiger partial charge in [0, 0.05) is 6.04 Å². The number of carbonyl (C=O) groups is 1. The third-order valence-corrected chi connectivity index (χ3v) is 7.28. The fourth-order valence-corrected chi connectivity index (χ4v) is 5.09. The van der Waals surface area contributed by atoms with Crippen LogP contribution in [0.2, 0.25) is 0 Å². The van der Waals surface area contributed by atoms with Gasteiger partial charge < -0.3 is 5.32 Å². The maximum atomic E-state index is 13.5. The Kier molecular flexibility index (Phi) is 7.70. The SMILES string of the molecule is Cc1ccc(S(=O)(=O)N(CC(=O)NC(C(C)C)C(C)C)c2cccc(C)c2C)cc1. The molecule has 2 aromatic carbocycles. The Labute approximate surface area is 181 Å². The Bertz CT molecular complexity index is 972. The summed E-state index contributed by atoms with van der Waals surface area (Å²) in [5.41, 5.74) is 3.31. The largest absolute Gasteiger partial charge is 0.351 e. The average molecular weight is 431 g/mol. The van der Waals surface area contributed by atoms with E-state index in [9.17, 15) is 13.2 Å². The predicted octanol–water partition coefficient (Wildman–Crippen LogP) is 4.60. The zero-order valence-corrected chi connectivity index (χ0v) is 19.9. The quantitative estimate of drug-likeness (QED) is 0.665. The number of anilines is 1. The molecule has 0 saturated carbocycles. The number of hydrogen-bond donors (Lipinski definition) is 1. The summed E-state index contributed by atoms with van der Waals surface area (Å²) < 4.78 is 28.3. The lowest BCUT2D eigenvalue weighted by Gasteiger charge is -2.30. The highest BCUT2D eigenvalue weighted by atomic mass is 32.2. The first-order chi connectivity index (χ1) is 13.9. The molecular formula is C24H34N2O3S. The van der Waals surface area contributed by atoms with Crippen LogP contribution >= 0.6 is 0 Å². The number of hydrogen-bond acceptors (Lipinski definition) is 3. The summed E-state index contributed by atoms with van der Waals surface area (Å²) in [4.78, 5) is 13.1. The van der Waals surface area contributed by atoms with Gasteiger partial charge in [0.1, 0.15) is 6.54 Å². The Balaban J connectivity index is 2.48. The van der Waals surface area contributed by atoms with Crippen molar-refractivity contribution in [2.75, 3.05) is 10.8 Å². The third-order valence-electron chi connectivity index (χ3n) is 5.51. The molecule has 0 aliphatic heterocycles. The molecule has 0 fully saturated rings. The lowest BCUT2D eigenvalue weighted by Crippen LogP contribution is -2.48. The molecule has 1 N–H and O–H groups in total. The Morgan fingerprint density at radius 1 is 0.933 bits per heavy atom. The number of nitrogens with one attached hydrogen (secondary N) is 1. The molecule has 0 heterocycles. The van der Waals surface area contributed by atoms with Gasteiger partial charge in [0.15, 0.2) is 0 Å². The van der Waals surface area contributed by atoms with Gasteiger partial charge in [-0.2, -0.15) is 0 Å². The van der Waals surface area contributed by atoms with Gasteiger partial charge in [-0.25, -0.2) is 8.42 Å². The first-order valence-corrected chi connectivity index (χ1v) is 11.8. The topological polar surface area (TPSA) is 66.5 Å². The van der Waals surface area contributed by atoms with E-state index in [0.717, 1.165) is 16.7 Å². The van der Waals surface area contributed by atoms with Crippen LogP contribution in [0.4, 0.5) is 5.69 Å². The highest BCUT2D eigenvalue weighted by Crippen LogP contribution is 2.28. The molecule has 0 aliphatic rings. The van der Waals surface area contributed by atoms with E-state index in [1.165, 1.54) is 4.31 Å². The van der Waals surface area contributed by atoms with Gasteiger partial charge in [-0.3, -0.25) is 9.10 Å². The number of aryl methyl sites for hydroxylation is 2. The maximum Gasteiger partial charge on any atom is 0.264 e. The van der Waals surface area contributed by atoms with Crippen LogP contribution < -0.4 is 9.62 Å². The summed E-state index contributed by atoms with van der Waals surface area (Å²) in [6.07, 6.45) is 0. The van der Waals surface area contributed by atoms with Gasteiger partial charge in [0.05, 0.1) is 10.6 Å². The van der Waals surface area contributed by atoms with Gasteiger partial charge in [0.2, 0.25) is 5.91 Å². The standard InChI is InChI=1S/C24H34N2O3S/c1-16(2)24(17(3)4)25-23(27)15-26(22-10-8-9-19(6)20(22)7)30(28,29)21-13-11-18(5)12-14-21/h8-14,16-17,24H,15H2,1-7H3,(H,25,27). The molecule has 164 valence electrons. The fraction of sp³-hybridized carbons (Fsp3) is 0.458. The zero-order chi connectivity index (χ0) is 22.6. The average Bonchev–Trinajstić information content (AvgIpc) is 2.66. The van der Waals surface area contributed by atoms with E-state index >= 15 is 0 Å². The summed E-state index contributed by atoms with van der Waals surface area (Å²) >= 11 is 0. The fourth-order valence-electron chi connectivity index (χ4n) is 3.61. The molecule has 1 amide bonds. The second kappa shape index (κ2) is 9.65. The Hall–Kier alpha value is -2.34. The molecule has 6 heteroatoms. The first-order valence-electron chi connectivity index (χ1n) is 10.4. The molecular weight excluding hydrogens is 396 g/mol. The van der Waals surface area contributed by atoms with Gasteiger partial charge in [-0.05, 0) is 61.9 Å². The minimum atomic E-state index is -3.91. The smallest absolute Gasteiger partial charge is 0.264 e. The van der Waals surface area contributed by atoms with Crippen molar-refractivity contribution >= 4 is 21.6 Å². The Morgan fingerprint density at radius 3 is 2.03 bits per heavy atom. The summed E-state index contributed by atoms with van der Waals surface area (Å²) in [5, 5.41) is 3.04. The Morgan fingerprint density at radius 2 is 1.50 bits per heavy atom. The van der Waals surface area contributed by atoms with Crippen molar-refractivity contribution in [3.8, 4) is 0 Å². The number of rotatable bonds is 8. The van der Waals surface area contributed by atoms with Gasteiger partial charge in [0.25, 0.3) is 10.0 Å². The minimum Gasteiger partial charge on any atom is -0.351 e. The lowest BCUT2D eigenvalue weighted by molar-refractivity contribution is -0.121. The van der Waals surface area contributed by atoms with Gasteiger partial charge in [-0.1, -0.05) is 57.5 Å². The van der Waals surface area contributed by atoms with E-state index < -0.39 is 10.0 Å². The highest BCUT2D eigenvalue weighted by molar-refractivity contribution is 7.92. The molecule has 5 nitrogen and oxygen atoms in total. The van der Waals surface area contributed by atoms with E-state index in [1.807, 2.05) is 32.9 Å². The molecule has 0 atom stereocenters. The molecule has 0 spiro atoms. The summed E-state index contributed by atoms with van der Waals surface area (Å²) in [6.45, 7) is 13.7. The second-order valence-corrected chi connectivity index (χ2v) is 10.5. The van der Waals surface area contributed by atoms with E-state index in [2.05, 4.69) is 33.0 Å². The number of carbonyl (C=O) groups excluding carboxylic acids is 1. The monoisotopic (exact) mass is 430 g/mol. The maximum absolute atomic E-state index is 13.5. The lowest BCUT2D eigenvalue weighted by atomic mass is 9.93. The van der Waals surface area contributed by atoms with Crippen LogP contribution in [0.5, 0.6) is 0 Å². The number of sulfonamides is 1. The van der Waals surface area contributed by atoms with Gasteiger partial charge >= 0.3 is 0 Å². The van der Waals surface area contributed by atoms with Crippen LogP contribution in [0.3, 0.4) is 0 Å². The predicted molar refractivity (Wildman–Crippen MR) is 123 cm³/mol.